The van der Waals surface area contributed by atoms with Crippen molar-refractivity contribution in [2.45, 2.75) is 0 Å². The van der Waals surface area contributed by atoms with Crippen LogP contribution in [0.15, 0.2) is 121 Å². The minimum Gasteiger partial charge on any atom is -0.222 e. The molecule has 0 aliphatic rings. The minimum atomic E-state index is -4.94. The molecule has 0 bridgehead atoms. The van der Waals surface area contributed by atoms with Crippen LogP contribution in [0.5, 0.6) is 0 Å². The molecule has 0 amide bonds. The zero-order chi connectivity index (χ0) is 24.7. The zero-order valence-corrected chi connectivity index (χ0v) is 23.6. The average Bonchev–Trinajstić information content (AvgIpc) is 2.85. The second-order valence-corrected chi connectivity index (χ2v) is 16.5. The van der Waals surface area contributed by atoms with Crippen LogP contribution >= 0.6 is 12.9 Å². The van der Waals surface area contributed by atoms with Gasteiger partial charge < -0.3 is 0 Å². The molecule has 186 valence electrons. The molecule has 0 saturated heterocycles. The Morgan fingerprint density at radius 2 is 0.771 bits per heavy atom. The van der Waals surface area contributed by atoms with E-state index in [-0.39, 0.29) is 22.4 Å². The van der Waals surface area contributed by atoms with Crippen molar-refractivity contribution in [3.63, 3.8) is 0 Å². The Balaban J connectivity index is 0.000000656. The molecule has 35 heavy (non-hydrogen) atoms. The first-order valence-corrected chi connectivity index (χ1v) is 16.7. The summed E-state index contributed by atoms with van der Waals surface area (Å²) in [6.07, 6.45) is 0. The van der Waals surface area contributed by atoms with Crippen LogP contribution in [-0.2, 0) is 34.2 Å². The van der Waals surface area contributed by atoms with Crippen LogP contribution in [-0.4, -0.2) is 12.2 Å². The standard InChI is InChI=1S/C26H24P2S.Ag.ClHO4/c1-27(23-14-6-2-7-15-23,24-16-8-3-9-17-24)22-28(29,25-18-10-4-11-19-25)26-20-12-5-13-21-26;;2-1(3,4)5/h2-22H,1H3;;(H,2,3,4,5)/q;+1;/p-1. The van der Waals surface area contributed by atoms with Gasteiger partial charge in [-0.2, -0.15) is 0 Å². The summed E-state index contributed by atoms with van der Waals surface area (Å²) in [5.74, 6) is 0. The summed E-state index contributed by atoms with van der Waals surface area (Å²) in [5, 5.41) is 5.23. The number of halogens is 1. The van der Waals surface area contributed by atoms with Crippen molar-refractivity contribution >= 4 is 51.5 Å². The molecule has 0 fully saturated rings. The van der Waals surface area contributed by atoms with Crippen molar-refractivity contribution in [2.24, 2.45) is 0 Å². The van der Waals surface area contributed by atoms with E-state index < -0.39 is 23.2 Å². The fourth-order valence-corrected chi connectivity index (χ4v) is 14.2. The first kappa shape index (κ1) is 29.9. The summed E-state index contributed by atoms with van der Waals surface area (Å²) in [4.78, 5) is 0. The summed E-state index contributed by atoms with van der Waals surface area (Å²) in [7, 11) is -4.94. The van der Waals surface area contributed by atoms with Gasteiger partial charge in [0.05, 0.1) is 0 Å². The van der Waals surface area contributed by atoms with Crippen LogP contribution in [0.3, 0.4) is 0 Å². The summed E-state index contributed by atoms with van der Waals surface area (Å²) < 4.78 is 34.0. The van der Waals surface area contributed by atoms with E-state index in [1.165, 1.54) is 21.2 Å². The molecule has 0 unspecified atom stereocenters. The SMILES string of the molecule is CP(=CP(=S)(c1ccccc1)c1ccccc1)(c1ccccc1)c1ccccc1.[Ag+].[O-][Cl+3]([O-])([O-])[O-]. The van der Waals surface area contributed by atoms with E-state index in [0.717, 1.165) is 0 Å². The Bertz CT molecular complexity index is 1190. The molecule has 0 saturated carbocycles. The van der Waals surface area contributed by atoms with E-state index in [4.69, 9.17) is 30.4 Å². The molecule has 4 aromatic carbocycles. The molecule has 0 atom stereocenters. The second kappa shape index (κ2) is 13.3. The van der Waals surface area contributed by atoms with Gasteiger partial charge >= 0.3 is 22.4 Å². The van der Waals surface area contributed by atoms with E-state index in [2.05, 4.69) is 134 Å². The quantitative estimate of drug-likeness (QED) is 0.234. The Kier molecular flexibility index (Phi) is 11.4. The molecule has 4 aromatic rings. The van der Waals surface area contributed by atoms with Gasteiger partial charge in [0.25, 0.3) is 0 Å². The maximum atomic E-state index is 8.49. The topological polar surface area (TPSA) is 92.2 Å². The Morgan fingerprint density at radius 1 is 0.543 bits per heavy atom. The van der Waals surface area contributed by atoms with Crippen LogP contribution in [0.4, 0.5) is 0 Å². The van der Waals surface area contributed by atoms with Crippen LogP contribution < -0.4 is 39.9 Å². The normalized spacial score (nSPS) is 11.5. The van der Waals surface area contributed by atoms with E-state index >= 15 is 0 Å². The molecule has 4 rings (SSSR count). The molecule has 0 spiro atoms. The predicted molar refractivity (Wildman–Crippen MR) is 137 cm³/mol. The number of hydrogen-bond donors (Lipinski definition) is 0. The van der Waals surface area contributed by atoms with Gasteiger partial charge in [-0.25, -0.2) is 18.6 Å². The van der Waals surface area contributed by atoms with Crippen LogP contribution in [0.25, 0.3) is 0 Å². The Morgan fingerprint density at radius 3 is 1.03 bits per heavy atom. The van der Waals surface area contributed by atoms with Crippen molar-refractivity contribution < 1.29 is 51.3 Å². The first-order valence-electron chi connectivity index (χ1n) is 10.3. The molecule has 0 radical (unpaired) electrons. The first-order chi connectivity index (χ1) is 16.1. The van der Waals surface area contributed by atoms with Gasteiger partial charge in [0.2, 0.25) is 0 Å². The zero-order valence-electron chi connectivity index (χ0n) is 18.7. The van der Waals surface area contributed by atoms with Gasteiger partial charge in [0.15, 0.2) is 0 Å². The van der Waals surface area contributed by atoms with Crippen molar-refractivity contribution in [3.05, 3.63) is 121 Å². The molecule has 4 nitrogen and oxygen atoms in total. The van der Waals surface area contributed by atoms with E-state index in [9.17, 15) is 0 Å². The Labute approximate surface area is 229 Å². The van der Waals surface area contributed by atoms with Crippen molar-refractivity contribution in [1.29, 1.82) is 0 Å². The van der Waals surface area contributed by atoms with Crippen LogP contribution in [0.2, 0.25) is 0 Å². The van der Waals surface area contributed by atoms with Crippen molar-refractivity contribution in [2.75, 3.05) is 6.66 Å². The molecule has 0 heterocycles. The number of hydrogen-bond acceptors (Lipinski definition) is 5. The van der Waals surface area contributed by atoms with E-state index in [1.54, 1.807) is 0 Å². The largest absolute Gasteiger partial charge is 1.00 e. The number of rotatable bonds is 5. The van der Waals surface area contributed by atoms with E-state index in [0.29, 0.717) is 0 Å². The summed E-state index contributed by atoms with van der Waals surface area (Å²) in [5.41, 5.74) is 2.56. The molecule has 0 aliphatic heterocycles. The third kappa shape index (κ3) is 8.36. The van der Waals surface area contributed by atoms with Crippen molar-refractivity contribution in [1.82, 2.24) is 0 Å². The van der Waals surface area contributed by atoms with Gasteiger partial charge in [0.1, 0.15) is 0 Å². The maximum absolute atomic E-state index is 8.49. The second-order valence-electron chi connectivity index (χ2n) is 7.57. The summed E-state index contributed by atoms with van der Waals surface area (Å²) in [6.45, 7) is 0.601. The number of benzene rings is 4. The molecule has 0 N–H and O–H groups in total. The molecular formula is C26H24AgClO4P2S. The van der Waals surface area contributed by atoms with Crippen LogP contribution in [0.1, 0.15) is 0 Å². The Hall–Kier alpha value is -1.30. The van der Waals surface area contributed by atoms with Crippen LogP contribution in [0, 0.1) is 10.2 Å². The minimum absolute atomic E-state index is 0. The molecule has 9 heteroatoms. The van der Waals surface area contributed by atoms with Gasteiger partial charge in [0, 0.05) is 6.04 Å². The van der Waals surface area contributed by atoms with E-state index in [1.807, 2.05) is 0 Å². The summed E-state index contributed by atoms with van der Waals surface area (Å²) >= 11 is 6.57. The van der Waals surface area contributed by atoms with Gasteiger partial charge in [-0.3, -0.25) is 0 Å². The van der Waals surface area contributed by atoms with Gasteiger partial charge in [-0.1, -0.05) is 140 Å². The van der Waals surface area contributed by atoms with Gasteiger partial charge in [-0.15, -0.1) is 10.2 Å². The fourth-order valence-electron chi connectivity index (χ4n) is 3.66. The fraction of sp³-hybridized carbons (Fsp3) is 0.0385. The molecular weight excluding hydrogens is 614 g/mol. The molecule has 0 aromatic heterocycles. The smallest absolute Gasteiger partial charge is 0.222 e. The third-order valence-corrected chi connectivity index (χ3v) is 15.4. The maximum Gasteiger partial charge on any atom is 1.00 e. The van der Waals surface area contributed by atoms with Crippen molar-refractivity contribution in [3.8, 4) is 0 Å². The molecule has 0 aliphatic carbocycles. The summed E-state index contributed by atoms with van der Waals surface area (Å²) in [6, 6.07) is 41.0. The third-order valence-electron chi connectivity index (χ3n) is 5.26. The monoisotopic (exact) mass is 636 g/mol. The average molecular weight is 638 g/mol. The predicted octanol–water partition coefficient (Wildman–Crippen LogP) is 0.416. The van der Waals surface area contributed by atoms with Gasteiger partial charge in [-0.05, 0) is 33.4 Å².